The van der Waals surface area contributed by atoms with Gasteiger partial charge in [0, 0.05) is 9.85 Å². The van der Waals surface area contributed by atoms with E-state index in [1.165, 1.54) is 26.0 Å². The fourth-order valence-electron chi connectivity index (χ4n) is 1.41. The topological polar surface area (TPSA) is 134 Å². The van der Waals surface area contributed by atoms with E-state index in [1.807, 2.05) is 0 Å². The zero-order chi connectivity index (χ0) is 12.9. The standard InChI is InChI=1S/C8H10N4O4/c1-3-8(2,6(4-9)11(13)14)7(5-10)12(15)16/h6-7H,3H2,1-2H3/t6-,7-/m0/s1. The largest absolute Gasteiger partial charge is 0.309 e. The molecule has 0 spiro atoms. The molecule has 0 aliphatic rings. The Morgan fingerprint density at radius 1 is 1.19 bits per heavy atom. The van der Waals surface area contributed by atoms with E-state index in [9.17, 15) is 20.2 Å². The van der Waals surface area contributed by atoms with Gasteiger partial charge in [0.1, 0.15) is 17.6 Å². The molecule has 0 rings (SSSR count). The van der Waals surface area contributed by atoms with Crippen LogP contribution >= 0.6 is 0 Å². The predicted molar refractivity (Wildman–Crippen MR) is 51.2 cm³/mol. The molecule has 0 unspecified atom stereocenters. The minimum atomic E-state index is -1.77. The molecule has 0 radical (unpaired) electrons. The lowest BCUT2D eigenvalue weighted by Crippen LogP contribution is -2.48. The second-order valence-corrected chi connectivity index (χ2v) is 3.49. The van der Waals surface area contributed by atoms with Crippen LogP contribution in [0.1, 0.15) is 20.3 Å². The van der Waals surface area contributed by atoms with E-state index in [4.69, 9.17) is 10.5 Å². The lowest BCUT2D eigenvalue weighted by Gasteiger charge is -2.25. The molecule has 0 bridgehead atoms. The fraction of sp³-hybridized carbons (Fsp3) is 0.750. The van der Waals surface area contributed by atoms with Crippen molar-refractivity contribution in [1.29, 1.82) is 10.5 Å². The van der Waals surface area contributed by atoms with Crippen LogP contribution in [-0.4, -0.2) is 21.9 Å². The van der Waals surface area contributed by atoms with E-state index in [2.05, 4.69) is 0 Å². The van der Waals surface area contributed by atoms with Crippen LogP contribution in [0.5, 0.6) is 0 Å². The lowest BCUT2D eigenvalue weighted by molar-refractivity contribution is -0.572. The van der Waals surface area contributed by atoms with Gasteiger partial charge < -0.3 is 0 Å². The first-order chi connectivity index (χ1) is 7.34. The van der Waals surface area contributed by atoms with Crippen LogP contribution in [0.15, 0.2) is 0 Å². The van der Waals surface area contributed by atoms with Gasteiger partial charge in [-0.15, -0.1) is 0 Å². The molecule has 0 N–H and O–H groups in total. The summed E-state index contributed by atoms with van der Waals surface area (Å²) in [5.41, 5.74) is -1.60. The first kappa shape index (κ1) is 13.8. The van der Waals surface area contributed by atoms with E-state index in [1.54, 1.807) is 0 Å². The maximum absolute atomic E-state index is 10.6. The average Bonchev–Trinajstić information content (AvgIpc) is 2.18. The van der Waals surface area contributed by atoms with E-state index < -0.39 is 27.3 Å². The van der Waals surface area contributed by atoms with Crippen molar-refractivity contribution in [1.82, 2.24) is 0 Å². The molecule has 0 aromatic rings. The third kappa shape index (κ3) is 2.23. The minimum absolute atomic E-state index is 0.00852. The molecular formula is C8H10N4O4. The number of nitrogens with zero attached hydrogens (tertiary/aromatic N) is 4. The number of nitro groups is 2. The van der Waals surface area contributed by atoms with Crippen molar-refractivity contribution < 1.29 is 9.85 Å². The molecule has 0 aliphatic carbocycles. The summed E-state index contributed by atoms with van der Waals surface area (Å²) in [6.07, 6.45) is -0.00852. The Bertz CT molecular complexity index is 348. The Labute approximate surface area is 91.4 Å². The van der Waals surface area contributed by atoms with Crippen LogP contribution in [0.3, 0.4) is 0 Å². The number of hydrogen-bond donors (Lipinski definition) is 0. The first-order valence-electron chi connectivity index (χ1n) is 4.41. The Hall–Kier alpha value is -2.22. The lowest BCUT2D eigenvalue weighted by atomic mass is 9.74. The first-order valence-corrected chi connectivity index (χ1v) is 4.41. The second kappa shape index (κ2) is 5.03. The molecule has 86 valence electrons. The maximum Gasteiger partial charge on any atom is 0.309 e. The average molecular weight is 226 g/mol. The maximum atomic E-state index is 10.6. The van der Waals surface area contributed by atoms with Gasteiger partial charge in [-0.1, -0.05) is 6.92 Å². The molecule has 0 fully saturated rings. The second-order valence-electron chi connectivity index (χ2n) is 3.49. The quantitative estimate of drug-likeness (QED) is 0.501. The van der Waals surface area contributed by atoms with E-state index in [0.29, 0.717) is 0 Å². The Morgan fingerprint density at radius 3 is 1.62 bits per heavy atom. The molecule has 0 aliphatic heterocycles. The summed E-state index contributed by atoms with van der Waals surface area (Å²) in [6, 6.07) is -0.725. The van der Waals surface area contributed by atoms with Crippen LogP contribution < -0.4 is 0 Å². The van der Waals surface area contributed by atoms with Crippen LogP contribution in [0.4, 0.5) is 0 Å². The summed E-state index contributed by atoms with van der Waals surface area (Å²) >= 11 is 0. The number of nitriles is 2. The summed E-state index contributed by atoms with van der Waals surface area (Å²) in [7, 11) is 0. The molecular weight excluding hydrogens is 216 g/mol. The molecule has 0 amide bonds. The Kier molecular flexibility index (Phi) is 4.33. The van der Waals surface area contributed by atoms with Gasteiger partial charge in [-0.2, -0.15) is 10.5 Å². The van der Waals surface area contributed by atoms with Crippen LogP contribution in [0.25, 0.3) is 0 Å². The highest BCUT2D eigenvalue weighted by Crippen LogP contribution is 2.33. The van der Waals surface area contributed by atoms with Crippen molar-refractivity contribution in [3.8, 4) is 12.1 Å². The summed E-state index contributed by atoms with van der Waals surface area (Å²) in [4.78, 5) is 19.5. The summed E-state index contributed by atoms with van der Waals surface area (Å²) in [5.74, 6) is 0. The van der Waals surface area contributed by atoms with E-state index >= 15 is 0 Å². The molecule has 8 heteroatoms. The molecule has 2 atom stereocenters. The van der Waals surface area contributed by atoms with Gasteiger partial charge in [0.2, 0.25) is 0 Å². The third-order valence-electron chi connectivity index (χ3n) is 2.68. The smallest absolute Gasteiger partial charge is 0.263 e. The SMILES string of the molecule is CCC(C)([C@H](C#N)[N+](=O)[O-])[C@H](C#N)[N+](=O)[O-]. The molecule has 0 aromatic heterocycles. The molecule has 16 heavy (non-hydrogen) atoms. The van der Waals surface area contributed by atoms with Gasteiger partial charge in [-0.3, -0.25) is 20.2 Å². The molecule has 8 nitrogen and oxygen atoms in total. The van der Waals surface area contributed by atoms with Crippen LogP contribution in [0, 0.1) is 48.3 Å². The van der Waals surface area contributed by atoms with Crippen molar-refractivity contribution >= 4 is 0 Å². The fourth-order valence-corrected chi connectivity index (χ4v) is 1.41. The van der Waals surface area contributed by atoms with Crippen LogP contribution in [0.2, 0.25) is 0 Å². The summed E-state index contributed by atoms with van der Waals surface area (Å²) < 4.78 is 0. The highest BCUT2D eigenvalue weighted by Gasteiger charge is 2.54. The third-order valence-corrected chi connectivity index (χ3v) is 2.68. The number of hydrogen-bond acceptors (Lipinski definition) is 6. The zero-order valence-corrected chi connectivity index (χ0v) is 8.78. The minimum Gasteiger partial charge on any atom is -0.263 e. The van der Waals surface area contributed by atoms with Crippen LogP contribution in [-0.2, 0) is 0 Å². The van der Waals surface area contributed by atoms with Crippen molar-refractivity contribution in [2.24, 2.45) is 5.41 Å². The van der Waals surface area contributed by atoms with Crippen molar-refractivity contribution in [3.63, 3.8) is 0 Å². The predicted octanol–water partition coefficient (Wildman–Crippen LogP) is 0.740. The van der Waals surface area contributed by atoms with Crippen molar-refractivity contribution in [2.75, 3.05) is 0 Å². The van der Waals surface area contributed by atoms with E-state index in [-0.39, 0.29) is 6.42 Å². The molecule has 0 saturated heterocycles. The molecule has 0 saturated carbocycles. The molecule has 0 aromatic carbocycles. The van der Waals surface area contributed by atoms with Gasteiger partial charge in [0.15, 0.2) is 0 Å². The monoisotopic (exact) mass is 226 g/mol. The van der Waals surface area contributed by atoms with Gasteiger partial charge in [-0.25, -0.2) is 0 Å². The highest BCUT2D eigenvalue weighted by atomic mass is 16.6. The number of rotatable bonds is 5. The zero-order valence-electron chi connectivity index (χ0n) is 8.78. The normalized spacial score (nSPS) is 14.2. The van der Waals surface area contributed by atoms with Gasteiger partial charge in [-0.05, 0) is 13.3 Å². The molecule has 0 heterocycles. The van der Waals surface area contributed by atoms with Crippen molar-refractivity contribution in [3.05, 3.63) is 20.2 Å². The van der Waals surface area contributed by atoms with Crippen molar-refractivity contribution in [2.45, 2.75) is 32.4 Å². The Morgan fingerprint density at radius 2 is 1.50 bits per heavy atom. The van der Waals surface area contributed by atoms with Gasteiger partial charge >= 0.3 is 12.1 Å². The summed E-state index contributed by atoms with van der Waals surface area (Å²) in [6.45, 7) is 2.68. The highest BCUT2D eigenvalue weighted by molar-refractivity contribution is 5.06. The van der Waals surface area contributed by atoms with E-state index in [0.717, 1.165) is 0 Å². The van der Waals surface area contributed by atoms with Gasteiger partial charge in [0.25, 0.3) is 0 Å². The summed E-state index contributed by atoms with van der Waals surface area (Å²) in [5, 5.41) is 38.6. The Balaban J connectivity index is 5.51. The van der Waals surface area contributed by atoms with Gasteiger partial charge in [0.05, 0.1) is 0 Å².